The molecule has 0 amide bonds. The van der Waals surface area contributed by atoms with Crippen molar-refractivity contribution < 1.29 is 0 Å². The summed E-state index contributed by atoms with van der Waals surface area (Å²) in [7, 11) is 0. The number of aromatic nitrogens is 2. The molecule has 2 heterocycles. The fourth-order valence-corrected chi connectivity index (χ4v) is 2.83. The van der Waals surface area contributed by atoms with Crippen LogP contribution in [-0.4, -0.2) is 13.9 Å². The van der Waals surface area contributed by atoms with Gasteiger partial charge in [-0.1, -0.05) is 24.0 Å². The average Bonchev–Trinajstić information content (AvgIpc) is 2.75. The highest BCUT2D eigenvalue weighted by Gasteiger charge is 2.13. The zero-order valence-corrected chi connectivity index (χ0v) is 10.9. The van der Waals surface area contributed by atoms with Crippen LogP contribution < -0.4 is 5.32 Å². The summed E-state index contributed by atoms with van der Waals surface area (Å²) in [5.41, 5.74) is 4.57. The molecule has 0 radical (unpaired) electrons. The van der Waals surface area contributed by atoms with E-state index in [2.05, 4.69) is 28.5 Å². The lowest BCUT2D eigenvalue weighted by molar-refractivity contribution is 1.05. The first-order valence-electron chi connectivity index (χ1n) is 5.30. The molecule has 0 unspecified atom stereocenters. The van der Waals surface area contributed by atoms with Crippen LogP contribution >= 0.6 is 24.0 Å². The number of aryl methyl sites for hydroxylation is 1. The second-order valence-corrected chi connectivity index (χ2v) is 5.62. The highest BCUT2D eigenvalue weighted by molar-refractivity contribution is 8.22. The Morgan fingerprint density at radius 1 is 1.47 bits per heavy atom. The Morgan fingerprint density at radius 3 is 3.12 bits per heavy atom. The van der Waals surface area contributed by atoms with E-state index >= 15 is 0 Å². The molecule has 1 aromatic carbocycles. The van der Waals surface area contributed by atoms with Gasteiger partial charge in [-0.3, -0.25) is 0 Å². The minimum Gasteiger partial charge on any atom is -0.341 e. The Labute approximate surface area is 109 Å². The van der Waals surface area contributed by atoms with Crippen LogP contribution in [0.3, 0.4) is 0 Å². The third kappa shape index (κ3) is 2.08. The molecule has 0 atom stereocenters. The molecular formula is C12H11N3S2. The lowest BCUT2D eigenvalue weighted by Gasteiger charge is -2.19. The average molecular weight is 261 g/mol. The smallest absolute Gasteiger partial charge is 0.138 e. The normalized spacial score (nSPS) is 14.3. The summed E-state index contributed by atoms with van der Waals surface area (Å²) in [5, 5.41) is 3.21. The van der Waals surface area contributed by atoms with Gasteiger partial charge in [0.15, 0.2) is 0 Å². The maximum Gasteiger partial charge on any atom is 0.138 e. The lowest BCUT2D eigenvalue weighted by Crippen LogP contribution is -2.12. The molecule has 3 rings (SSSR count). The lowest BCUT2D eigenvalue weighted by atomic mass is 10.1. The number of rotatable bonds is 1. The van der Waals surface area contributed by atoms with E-state index in [9.17, 15) is 0 Å². The second-order valence-electron chi connectivity index (χ2n) is 3.96. The maximum atomic E-state index is 5.15. The van der Waals surface area contributed by atoms with E-state index in [1.165, 1.54) is 5.56 Å². The Hall–Kier alpha value is -1.33. The molecule has 0 bridgehead atoms. The van der Waals surface area contributed by atoms with Crippen LogP contribution in [-0.2, 0) is 5.75 Å². The third-order valence-electron chi connectivity index (χ3n) is 2.69. The Balaban J connectivity index is 2.01. The van der Waals surface area contributed by atoms with Gasteiger partial charge in [0.1, 0.15) is 4.32 Å². The molecule has 17 heavy (non-hydrogen) atoms. The van der Waals surface area contributed by atoms with Crippen LogP contribution in [0.2, 0.25) is 0 Å². The predicted octanol–water partition coefficient (Wildman–Crippen LogP) is 3.12. The number of anilines is 1. The van der Waals surface area contributed by atoms with Crippen LogP contribution in [0.4, 0.5) is 5.69 Å². The largest absolute Gasteiger partial charge is 0.341 e. The highest BCUT2D eigenvalue weighted by atomic mass is 32.2. The SMILES string of the molecule is Cc1cn(-c2ccc3c(c2)CSC(=S)N3)cn1. The van der Waals surface area contributed by atoms with Gasteiger partial charge in [0.05, 0.1) is 12.0 Å². The van der Waals surface area contributed by atoms with Crippen LogP contribution in [0.15, 0.2) is 30.7 Å². The molecule has 0 aliphatic carbocycles. The molecule has 2 aromatic rings. The first-order valence-corrected chi connectivity index (χ1v) is 6.69. The van der Waals surface area contributed by atoms with Crippen LogP contribution in [0.25, 0.3) is 5.69 Å². The molecule has 0 saturated heterocycles. The van der Waals surface area contributed by atoms with Crippen molar-refractivity contribution in [2.24, 2.45) is 0 Å². The van der Waals surface area contributed by atoms with Crippen molar-refractivity contribution in [3.8, 4) is 5.69 Å². The second kappa shape index (κ2) is 4.16. The summed E-state index contributed by atoms with van der Waals surface area (Å²) in [4.78, 5) is 4.24. The van der Waals surface area contributed by atoms with Gasteiger partial charge in [-0.25, -0.2) is 4.98 Å². The van der Waals surface area contributed by atoms with Gasteiger partial charge in [-0.05, 0) is 30.7 Å². The monoisotopic (exact) mass is 261 g/mol. The molecule has 3 nitrogen and oxygen atoms in total. The van der Waals surface area contributed by atoms with Gasteiger partial charge in [0.2, 0.25) is 0 Å². The summed E-state index contributed by atoms with van der Waals surface area (Å²) in [5.74, 6) is 0.933. The van der Waals surface area contributed by atoms with Crippen LogP contribution in [0.5, 0.6) is 0 Å². The number of thiocarbonyl (C=S) groups is 1. The molecular weight excluding hydrogens is 250 g/mol. The Morgan fingerprint density at radius 2 is 2.35 bits per heavy atom. The molecule has 1 N–H and O–H groups in total. The van der Waals surface area contributed by atoms with Gasteiger partial charge in [0.25, 0.3) is 0 Å². The fraction of sp³-hybridized carbons (Fsp3) is 0.167. The van der Waals surface area contributed by atoms with Gasteiger partial charge in [-0.15, -0.1) is 0 Å². The molecule has 86 valence electrons. The quantitative estimate of drug-likeness (QED) is 0.799. The van der Waals surface area contributed by atoms with Crippen LogP contribution in [0, 0.1) is 6.92 Å². The topological polar surface area (TPSA) is 29.9 Å². The van der Waals surface area contributed by atoms with Crippen molar-refractivity contribution in [3.05, 3.63) is 42.0 Å². The molecule has 0 spiro atoms. The number of fused-ring (bicyclic) bond motifs is 1. The number of nitrogens with one attached hydrogen (secondary N) is 1. The van der Waals surface area contributed by atoms with Crippen molar-refractivity contribution in [3.63, 3.8) is 0 Å². The third-order valence-corrected chi connectivity index (χ3v) is 3.97. The Bertz CT molecular complexity index is 589. The zero-order chi connectivity index (χ0) is 11.8. The van der Waals surface area contributed by atoms with E-state index in [1.54, 1.807) is 11.8 Å². The minimum atomic E-state index is 0.851. The summed E-state index contributed by atoms with van der Waals surface area (Å²) in [6.07, 6.45) is 3.86. The van der Waals surface area contributed by atoms with Crippen molar-refractivity contribution in [2.45, 2.75) is 12.7 Å². The zero-order valence-electron chi connectivity index (χ0n) is 9.30. The summed E-state index contributed by atoms with van der Waals surface area (Å²) in [6.45, 7) is 1.99. The number of nitrogens with zero attached hydrogens (tertiary/aromatic N) is 2. The molecule has 1 aliphatic heterocycles. The first-order chi connectivity index (χ1) is 8.22. The van der Waals surface area contributed by atoms with Gasteiger partial charge in [-0.2, -0.15) is 0 Å². The van der Waals surface area contributed by atoms with E-state index in [0.29, 0.717) is 0 Å². The van der Waals surface area contributed by atoms with Crippen molar-refractivity contribution in [2.75, 3.05) is 5.32 Å². The van der Waals surface area contributed by atoms with E-state index in [0.717, 1.165) is 27.1 Å². The number of imidazole rings is 1. The molecule has 0 fully saturated rings. The molecule has 1 aliphatic rings. The minimum absolute atomic E-state index is 0.851. The van der Waals surface area contributed by atoms with Crippen LogP contribution in [0.1, 0.15) is 11.3 Å². The van der Waals surface area contributed by atoms with E-state index in [-0.39, 0.29) is 0 Å². The number of thioether (sulfide) groups is 1. The number of hydrogen-bond donors (Lipinski definition) is 1. The Kier molecular flexibility index (Phi) is 2.64. The first kappa shape index (κ1) is 10.8. The number of hydrogen-bond acceptors (Lipinski definition) is 3. The van der Waals surface area contributed by atoms with Crippen molar-refractivity contribution in [1.82, 2.24) is 9.55 Å². The van der Waals surface area contributed by atoms with Crippen molar-refractivity contribution >= 4 is 34.0 Å². The fourth-order valence-electron chi connectivity index (χ4n) is 1.83. The van der Waals surface area contributed by atoms with Gasteiger partial charge in [0, 0.05) is 23.3 Å². The van der Waals surface area contributed by atoms with E-state index in [4.69, 9.17) is 12.2 Å². The molecule has 0 saturated carbocycles. The van der Waals surface area contributed by atoms with Crippen molar-refractivity contribution in [1.29, 1.82) is 0 Å². The van der Waals surface area contributed by atoms with Gasteiger partial charge >= 0.3 is 0 Å². The van der Waals surface area contributed by atoms with Gasteiger partial charge < -0.3 is 9.88 Å². The molecule has 5 heteroatoms. The standard InChI is InChI=1S/C12H11N3S2/c1-8-5-15(7-13-8)10-2-3-11-9(4-10)6-17-12(16)14-11/h2-5,7H,6H2,1H3,(H,14,16). The highest BCUT2D eigenvalue weighted by Crippen LogP contribution is 2.30. The molecule has 1 aromatic heterocycles. The summed E-state index contributed by atoms with van der Waals surface area (Å²) >= 11 is 6.81. The van der Waals surface area contributed by atoms with E-state index < -0.39 is 0 Å². The maximum absolute atomic E-state index is 5.15. The predicted molar refractivity (Wildman–Crippen MR) is 75.8 cm³/mol. The van der Waals surface area contributed by atoms with E-state index in [1.807, 2.05) is 24.0 Å². The summed E-state index contributed by atoms with van der Waals surface area (Å²) in [6, 6.07) is 6.33. The summed E-state index contributed by atoms with van der Waals surface area (Å²) < 4.78 is 2.89. The number of benzene rings is 1.